The van der Waals surface area contributed by atoms with Gasteiger partial charge in [-0.25, -0.2) is 4.98 Å². The molecule has 0 radical (unpaired) electrons. The van der Waals surface area contributed by atoms with Crippen molar-refractivity contribution in [2.24, 2.45) is 11.7 Å². The molecule has 7 nitrogen and oxygen atoms in total. The monoisotopic (exact) mass is 344 g/mol. The van der Waals surface area contributed by atoms with E-state index in [2.05, 4.69) is 4.98 Å². The van der Waals surface area contributed by atoms with Crippen LogP contribution >= 0.6 is 0 Å². The van der Waals surface area contributed by atoms with Crippen LogP contribution < -0.4 is 15.4 Å². The number of hydrogen-bond acceptors (Lipinski definition) is 4. The van der Waals surface area contributed by atoms with Crippen LogP contribution in [0.5, 0.6) is 5.75 Å². The first-order chi connectivity index (χ1) is 12.0. The highest BCUT2D eigenvalue weighted by Gasteiger charge is 2.27. The Morgan fingerprint density at radius 2 is 2.08 bits per heavy atom. The van der Waals surface area contributed by atoms with E-state index in [1.807, 2.05) is 17.5 Å². The Bertz CT molecular complexity index is 793. The lowest BCUT2D eigenvalue weighted by molar-refractivity contribution is -0.123. The lowest BCUT2D eigenvalue weighted by atomic mass is 9.88. The van der Waals surface area contributed by atoms with E-state index >= 15 is 0 Å². The van der Waals surface area contributed by atoms with Gasteiger partial charge in [0.15, 0.2) is 18.0 Å². The van der Waals surface area contributed by atoms with Crippen LogP contribution in [-0.4, -0.2) is 34.9 Å². The molecule has 2 heterocycles. The number of carbonyl (C=O) groups excluding carboxylic acids is 2. The zero-order chi connectivity index (χ0) is 18.0. The van der Waals surface area contributed by atoms with E-state index in [1.165, 1.54) is 6.42 Å². The number of anilines is 1. The molecule has 1 saturated carbocycles. The van der Waals surface area contributed by atoms with Gasteiger partial charge in [0.25, 0.3) is 5.91 Å². The molecule has 3 rings (SSSR count). The summed E-state index contributed by atoms with van der Waals surface area (Å²) in [5, 5.41) is 0. The highest BCUT2D eigenvalue weighted by Crippen LogP contribution is 2.30. The van der Waals surface area contributed by atoms with Crippen LogP contribution in [0.15, 0.2) is 18.3 Å². The Labute approximate surface area is 146 Å². The number of fused-ring (bicyclic) bond motifs is 1. The normalized spacial score (nSPS) is 15.3. The number of nitrogens with two attached hydrogens (primary N) is 1. The highest BCUT2D eigenvalue weighted by atomic mass is 16.5. The Hall–Kier alpha value is -2.57. The number of aryl methyl sites for hydroxylation is 1. The van der Waals surface area contributed by atoms with Gasteiger partial charge >= 0.3 is 0 Å². The molecule has 134 valence electrons. The first-order valence-corrected chi connectivity index (χ1v) is 8.65. The van der Waals surface area contributed by atoms with Crippen LogP contribution in [0.4, 0.5) is 5.82 Å². The number of ether oxygens (including phenoxy) is 1. The van der Waals surface area contributed by atoms with Crippen molar-refractivity contribution in [3.05, 3.63) is 24.0 Å². The largest absolute Gasteiger partial charge is 0.480 e. The topological polar surface area (TPSA) is 89.9 Å². The van der Waals surface area contributed by atoms with Gasteiger partial charge in [0.1, 0.15) is 5.82 Å². The lowest BCUT2D eigenvalue weighted by Crippen LogP contribution is -2.35. The maximum Gasteiger partial charge on any atom is 0.255 e. The Morgan fingerprint density at radius 3 is 2.76 bits per heavy atom. The second kappa shape index (κ2) is 7.13. The first-order valence-electron chi connectivity index (χ1n) is 8.65. The van der Waals surface area contributed by atoms with Gasteiger partial charge in [-0.05, 0) is 31.9 Å². The average molecular weight is 344 g/mol. The quantitative estimate of drug-likeness (QED) is 0.899. The molecule has 2 aromatic heterocycles. The van der Waals surface area contributed by atoms with Crippen molar-refractivity contribution >= 4 is 23.3 Å². The average Bonchev–Trinajstić information content (AvgIpc) is 2.95. The third-order valence-corrected chi connectivity index (χ3v) is 4.73. The molecule has 0 unspecified atom stereocenters. The molecule has 0 bridgehead atoms. The summed E-state index contributed by atoms with van der Waals surface area (Å²) in [4.78, 5) is 30.1. The van der Waals surface area contributed by atoms with Gasteiger partial charge in [-0.1, -0.05) is 19.3 Å². The predicted octanol–water partition coefficient (Wildman–Crippen LogP) is 2.05. The third kappa shape index (κ3) is 3.45. The van der Waals surface area contributed by atoms with E-state index in [4.69, 9.17) is 10.5 Å². The Balaban J connectivity index is 1.93. The van der Waals surface area contributed by atoms with Crippen LogP contribution in [0.1, 0.15) is 37.8 Å². The first kappa shape index (κ1) is 17.3. The van der Waals surface area contributed by atoms with Crippen LogP contribution in [0.25, 0.3) is 5.65 Å². The fourth-order valence-electron chi connectivity index (χ4n) is 3.54. The summed E-state index contributed by atoms with van der Waals surface area (Å²) in [6.07, 6.45) is 7.18. The fraction of sp³-hybridized carbons (Fsp3) is 0.500. The summed E-state index contributed by atoms with van der Waals surface area (Å²) in [5.41, 5.74) is 6.45. The zero-order valence-electron chi connectivity index (χ0n) is 14.7. The fourth-order valence-corrected chi connectivity index (χ4v) is 3.54. The number of hydrogen-bond donors (Lipinski definition) is 1. The van der Waals surface area contributed by atoms with Gasteiger partial charge in [-0.2, -0.15) is 0 Å². The highest BCUT2D eigenvalue weighted by molar-refractivity contribution is 5.95. The number of primary amides is 1. The van der Waals surface area contributed by atoms with Crippen molar-refractivity contribution in [3.8, 4) is 5.75 Å². The number of carbonyl (C=O) groups is 2. The SMILES string of the molecule is Cc1nc2c(OCC(N)=O)cccn2c1N(C)C(=O)C1CCCCC1. The molecule has 0 spiro atoms. The molecule has 0 aromatic carbocycles. The van der Waals surface area contributed by atoms with Crippen LogP contribution in [0.2, 0.25) is 0 Å². The number of rotatable bonds is 5. The molecule has 2 amide bonds. The summed E-state index contributed by atoms with van der Waals surface area (Å²) >= 11 is 0. The molecule has 1 fully saturated rings. The van der Waals surface area contributed by atoms with Gasteiger partial charge < -0.3 is 10.5 Å². The number of amides is 2. The van der Waals surface area contributed by atoms with E-state index in [-0.39, 0.29) is 18.4 Å². The van der Waals surface area contributed by atoms with Crippen molar-refractivity contribution in [1.29, 1.82) is 0 Å². The van der Waals surface area contributed by atoms with Gasteiger partial charge in [0.05, 0.1) is 5.69 Å². The second-order valence-electron chi connectivity index (χ2n) is 6.57. The maximum atomic E-state index is 12.9. The lowest BCUT2D eigenvalue weighted by Gasteiger charge is -2.26. The molecule has 0 atom stereocenters. The molecule has 1 aliphatic rings. The van der Waals surface area contributed by atoms with E-state index < -0.39 is 5.91 Å². The van der Waals surface area contributed by atoms with E-state index in [0.717, 1.165) is 37.2 Å². The maximum absolute atomic E-state index is 12.9. The summed E-state index contributed by atoms with van der Waals surface area (Å²) in [7, 11) is 1.80. The van der Waals surface area contributed by atoms with Crippen molar-refractivity contribution in [2.45, 2.75) is 39.0 Å². The number of nitrogens with zero attached hydrogens (tertiary/aromatic N) is 3. The van der Waals surface area contributed by atoms with Gasteiger partial charge in [0, 0.05) is 19.2 Å². The zero-order valence-corrected chi connectivity index (χ0v) is 14.7. The summed E-state index contributed by atoms with van der Waals surface area (Å²) in [6.45, 7) is 1.66. The molecular weight excluding hydrogens is 320 g/mol. The predicted molar refractivity (Wildman–Crippen MR) is 94.6 cm³/mol. The molecule has 25 heavy (non-hydrogen) atoms. The smallest absolute Gasteiger partial charge is 0.255 e. The van der Waals surface area contributed by atoms with Gasteiger partial charge in [-0.3, -0.25) is 18.9 Å². The van der Waals surface area contributed by atoms with Crippen molar-refractivity contribution < 1.29 is 14.3 Å². The molecule has 1 aliphatic carbocycles. The van der Waals surface area contributed by atoms with Crippen molar-refractivity contribution in [3.63, 3.8) is 0 Å². The molecule has 7 heteroatoms. The molecule has 0 aliphatic heterocycles. The molecule has 2 N–H and O–H groups in total. The van der Waals surface area contributed by atoms with E-state index in [1.54, 1.807) is 24.1 Å². The minimum absolute atomic E-state index is 0.0815. The standard InChI is InChI=1S/C18H24N4O3/c1-12-17(21(2)18(24)13-7-4-3-5-8-13)22-10-6-9-14(16(22)20-12)25-11-15(19)23/h6,9-10,13H,3-5,7-8,11H2,1-2H3,(H2,19,23). The number of pyridine rings is 1. The van der Waals surface area contributed by atoms with Crippen molar-refractivity contribution in [1.82, 2.24) is 9.38 Å². The molecule has 2 aromatic rings. The van der Waals surface area contributed by atoms with E-state index in [0.29, 0.717) is 11.4 Å². The number of aromatic nitrogens is 2. The summed E-state index contributed by atoms with van der Waals surface area (Å²) in [5.74, 6) is 0.866. The second-order valence-corrected chi connectivity index (χ2v) is 6.57. The Kier molecular flexibility index (Phi) is 4.92. The summed E-state index contributed by atoms with van der Waals surface area (Å²) in [6, 6.07) is 3.53. The van der Waals surface area contributed by atoms with Crippen LogP contribution in [0, 0.1) is 12.8 Å². The van der Waals surface area contributed by atoms with Gasteiger partial charge in [0.2, 0.25) is 5.91 Å². The minimum Gasteiger partial charge on any atom is -0.480 e. The third-order valence-electron chi connectivity index (χ3n) is 4.73. The molecule has 0 saturated heterocycles. The Morgan fingerprint density at radius 1 is 1.36 bits per heavy atom. The number of imidazole rings is 1. The molecular formula is C18H24N4O3. The van der Waals surface area contributed by atoms with Gasteiger partial charge in [-0.15, -0.1) is 0 Å². The van der Waals surface area contributed by atoms with E-state index in [9.17, 15) is 9.59 Å². The van der Waals surface area contributed by atoms with Crippen LogP contribution in [-0.2, 0) is 9.59 Å². The summed E-state index contributed by atoms with van der Waals surface area (Å²) < 4.78 is 7.27. The minimum atomic E-state index is -0.546. The van der Waals surface area contributed by atoms with Crippen molar-refractivity contribution in [2.75, 3.05) is 18.6 Å². The van der Waals surface area contributed by atoms with Crippen LogP contribution in [0.3, 0.4) is 0 Å².